The third-order valence-corrected chi connectivity index (χ3v) is 4.90. The first-order chi connectivity index (χ1) is 11.8. The summed E-state index contributed by atoms with van der Waals surface area (Å²) in [5, 5.41) is 3.81. The third-order valence-electron chi connectivity index (χ3n) is 4.16. The van der Waals surface area contributed by atoms with E-state index in [1.165, 1.54) is 10.5 Å². The van der Waals surface area contributed by atoms with Gasteiger partial charge in [-0.05, 0) is 30.3 Å². The summed E-state index contributed by atoms with van der Waals surface area (Å²) in [5.74, 6) is -0.158. The number of amides is 1. The zero-order valence-electron chi connectivity index (χ0n) is 14.9. The van der Waals surface area contributed by atoms with Gasteiger partial charge in [0.15, 0.2) is 0 Å². The number of nitrogens with one attached hydrogen (secondary N) is 2. The number of likely N-dealkylation sites (N-methyl/N-ethyl adjacent to an activating group) is 1. The fourth-order valence-corrected chi connectivity index (χ4v) is 2.89. The number of hydrogen-bond donors (Lipinski definition) is 2. The average Bonchev–Trinajstić information content (AvgIpc) is 2.57. The normalized spacial score (nSPS) is 12.1. The molecule has 6 heteroatoms. The minimum atomic E-state index is -0.158. The molecule has 0 fully saturated rings. The molecule has 0 radical (unpaired) electrons. The summed E-state index contributed by atoms with van der Waals surface area (Å²) in [4.78, 5) is 15.7. The summed E-state index contributed by atoms with van der Waals surface area (Å²) in [6, 6.07) is 13.4. The van der Waals surface area contributed by atoms with Crippen LogP contribution in [0.3, 0.4) is 0 Å². The van der Waals surface area contributed by atoms with Gasteiger partial charge in [0, 0.05) is 30.9 Å². The van der Waals surface area contributed by atoms with Crippen molar-refractivity contribution in [3.05, 3.63) is 63.6 Å². The Hall–Kier alpha value is -1.75. The highest BCUT2D eigenvalue weighted by Gasteiger charge is 2.19. The number of carbonyl (C=O) groups excluding carboxylic acids is 1. The number of anilines is 1. The molecule has 0 heterocycles. The highest BCUT2D eigenvalue weighted by molar-refractivity contribution is 6.42. The SMILES string of the molecule is CN(C)c1ccc([C@@H](CNC(=O)c2ccc(Cl)c(Cl)c2)[NH+](C)C)cc1. The third kappa shape index (κ3) is 5.11. The fraction of sp³-hybridized carbons (Fsp3) is 0.316. The largest absolute Gasteiger partial charge is 0.378 e. The lowest BCUT2D eigenvalue weighted by atomic mass is 10.0. The minimum absolute atomic E-state index is 0.155. The highest BCUT2D eigenvalue weighted by Crippen LogP contribution is 2.22. The molecule has 134 valence electrons. The first kappa shape index (κ1) is 19.6. The molecule has 0 bridgehead atoms. The Morgan fingerprint density at radius 1 is 1.08 bits per heavy atom. The molecule has 0 saturated carbocycles. The first-order valence-corrected chi connectivity index (χ1v) is 8.85. The predicted octanol–water partition coefficient (Wildman–Crippen LogP) is 2.68. The summed E-state index contributed by atoms with van der Waals surface area (Å²) in [5.41, 5.74) is 2.83. The first-order valence-electron chi connectivity index (χ1n) is 8.10. The molecular formula is C19H24Cl2N3O+. The Labute approximate surface area is 159 Å². The lowest BCUT2D eigenvalue weighted by Crippen LogP contribution is -3.07. The van der Waals surface area contributed by atoms with Crippen LogP contribution in [0.15, 0.2) is 42.5 Å². The number of nitrogens with zero attached hydrogens (tertiary/aromatic N) is 1. The van der Waals surface area contributed by atoms with E-state index in [0.29, 0.717) is 22.2 Å². The van der Waals surface area contributed by atoms with Gasteiger partial charge in [-0.15, -0.1) is 0 Å². The maximum atomic E-state index is 12.4. The summed E-state index contributed by atoms with van der Waals surface area (Å²) in [7, 11) is 8.19. The van der Waals surface area contributed by atoms with Gasteiger partial charge in [-0.25, -0.2) is 0 Å². The van der Waals surface area contributed by atoms with Gasteiger partial charge in [0.1, 0.15) is 6.04 Å². The number of halogens is 2. The highest BCUT2D eigenvalue weighted by atomic mass is 35.5. The van der Waals surface area contributed by atoms with E-state index in [4.69, 9.17) is 23.2 Å². The predicted molar refractivity (Wildman–Crippen MR) is 105 cm³/mol. The lowest BCUT2D eigenvalue weighted by molar-refractivity contribution is -0.890. The number of benzene rings is 2. The van der Waals surface area contributed by atoms with Crippen LogP contribution in [0.5, 0.6) is 0 Å². The van der Waals surface area contributed by atoms with Gasteiger partial charge in [0.2, 0.25) is 0 Å². The van der Waals surface area contributed by atoms with Gasteiger partial charge in [-0.3, -0.25) is 4.79 Å². The van der Waals surface area contributed by atoms with Crippen LogP contribution in [0, 0.1) is 0 Å². The molecule has 1 atom stereocenters. The maximum absolute atomic E-state index is 12.4. The molecule has 1 amide bonds. The van der Waals surface area contributed by atoms with Gasteiger partial charge >= 0.3 is 0 Å². The van der Waals surface area contributed by atoms with E-state index >= 15 is 0 Å². The van der Waals surface area contributed by atoms with Crippen molar-refractivity contribution in [2.45, 2.75) is 6.04 Å². The maximum Gasteiger partial charge on any atom is 0.251 e. The molecule has 0 aliphatic rings. The second-order valence-corrected chi connectivity index (χ2v) is 7.27. The molecular weight excluding hydrogens is 357 g/mol. The van der Waals surface area contributed by atoms with Crippen molar-refractivity contribution in [3.8, 4) is 0 Å². The van der Waals surface area contributed by atoms with E-state index in [9.17, 15) is 4.79 Å². The fourth-order valence-electron chi connectivity index (χ4n) is 2.59. The van der Waals surface area contributed by atoms with Crippen LogP contribution in [0.4, 0.5) is 5.69 Å². The second-order valence-electron chi connectivity index (χ2n) is 6.45. The molecule has 0 saturated heterocycles. The summed E-state index contributed by atoms with van der Waals surface area (Å²) in [6.45, 7) is 0.530. The summed E-state index contributed by atoms with van der Waals surface area (Å²) >= 11 is 11.9. The molecule has 4 nitrogen and oxygen atoms in total. The lowest BCUT2D eigenvalue weighted by Gasteiger charge is -2.23. The monoisotopic (exact) mass is 380 g/mol. The second kappa shape index (κ2) is 8.56. The topological polar surface area (TPSA) is 36.8 Å². The van der Waals surface area contributed by atoms with Gasteiger partial charge in [0.25, 0.3) is 5.91 Å². The van der Waals surface area contributed by atoms with Crippen molar-refractivity contribution in [2.24, 2.45) is 0 Å². The number of rotatable bonds is 6. The van der Waals surface area contributed by atoms with Crippen LogP contribution in [-0.4, -0.2) is 40.6 Å². The number of hydrogen-bond acceptors (Lipinski definition) is 2. The molecule has 2 aromatic carbocycles. The van der Waals surface area contributed by atoms with E-state index in [-0.39, 0.29) is 11.9 Å². The van der Waals surface area contributed by atoms with Gasteiger partial charge in [0.05, 0.1) is 30.7 Å². The van der Waals surface area contributed by atoms with Crippen LogP contribution < -0.4 is 15.1 Å². The zero-order chi connectivity index (χ0) is 18.6. The van der Waals surface area contributed by atoms with Gasteiger partial charge in [-0.2, -0.15) is 0 Å². The molecule has 0 aliphatic carbocycles. The van der Waals surface area contributed by atoms with E-state index in [1.54, 1.807) is 18.2 Å². The van der Waals surface area contributed by atoms with Crippen molar-refractivity contribution in [2.75, 3.05) is 39.6 Å². The van der Waals surface area contributed by atoms with E-state index < -0.39 is 0 Å². The summed E-state index contributed by atoms with van der Waals surface area (Å²) in [6.07, 6.45) is 0. The van der Waals surface area contributed by atoms with Gasteiger partial charge in [-0.1, -0.05) is 35.3 Å². The van der Waals surface area contributed by atoms with Crippen LogP contribution in [0.2, 0.25) is 10.0 Å². The van der Waals surface area contributed by atoms with E-state index in [0.717, 1.165) is 5.69 Å². The Morgan fingerprint density at radius 3 is 2.24 bits per heavy atom. The number of quaternary nitrogens is 1. The van der Waals surface area contributed by atoms with Gasteiger partial charge < -0.3 is 15.1 Å². The Kier molecular flexibility index (Phi) is 6.71. The molecule has 0 spiro atoms. The Bertz CT molecular complexity index is 730. The molecule has 0 aromatic heterocycles. The quantitative estimate of drug-likeness (QED) is 0.808. The Balaban J connectivity index is 2.08. The van der Waals surface area contributed by atoms with Crippen LogP contribution in [0.1, 0.15) is 22.0 Å². The van der Waals surface area contributed by atoms with E-state index in [1.807, 2.05) is 14.1 Å². The van der Waals surface area contributed by atoms with Crippen LogP contribution >= 0.6 is 23.2 Å². The molecule has 2 N–H and O–H groups in total. The summed E-state index contributed by atoms with van der Waals surface area (Å²) < 4.78 is 0. The van der Waals surface area contributed by atoms with E-state index in [2.05, 4.69) is 48.6 Å². The van der Waals surface area contributed by atoms with Crippen molar-refractivity contribution in [3.63, 3.8) is 0 Å². The van der Waals surface area contributed by atoms with Crippen LogP contribution in [0.25, 0.3) is 0 Å². The molecule has 0 aliphatic heterocycles. The van der Waals surface area contributed by atoms with Crippen molar-refractivity contribution in [1.82, 2.24) is 5.32 Å². The van der Waals surface area contributed by atoms with Crippen molar-refractivity contribution < 1.29 is 9.69 Å². The average molecular weight is 381 g/mol. The molecule has 2 aromatic rings. The number of carbonyl (C=O) groups is 1. The zero-order valence-corrected chi connectivity index (χ0v) is 16.4. The minimum Gasteiger partial charge on any atom is -0.378 e. The van der Waals surface area contributed by atoms with Crippen LogP contribution in [-0.2, 0) is 0 Å². The smallest absolute Gasteiger partial charge is 0.251 e. The van der Waals surface area contributed by atoms with Crippen molar-refractivity contribution >= 4 is 34.8 Å². The molecule has 25 heavy (non-hydrogen) atoms. The standard InChI is InChI=1S/C19H23Cl2N3O/c1-23(2)15-8-5-13(6-9-15)18(24(3)4)12-22-19(25)14-7-10-16(20)17(21)11-14/h5-11,18H,12H2,1-4H3,(H,22,25)/p+1/t18-/m1/s1. The Morgan fingerprint density at radius 2 is 1.72 bits per heavy atom. The van der Waals surface area contributed by atoms with Crippen molar-refractivity contribution in [1.29, 1.82) is 0 Å². The molecule has 2 rings (SSSR count). The molecule has 0 unspecified atom stereocenters.